The van der Waals surface area contributed by atoms with Gasteiger partial charge in [0.15, 0.2) is 0 Å². The number of hydrogen-bond acceptors (Lipinski definition) is 1. The minimum absolute atomic E-state index is 0.327. The van der Waals surface area contributed by atoms with Crippen LogP contribution >= 0.6 is 21.2 Å². The third-order valence-corrected chi connectivity index (χ3v) is 3.45. The number of allylic oxidation sites excluding steroid dienone is 1. The van der Waals surface area contributed by atoms with Crippen LogP contribution in [0.4, 0.5) is 0 Å². The minimum atomic E-state index is 0.327. The summed E-state index contributed by atoms with van der Waals surface area (Å²) >= 11 is 4.46. The molecule has 0 nitrogen and oxygen atoms in total. The van der Waals surface area contributed by atoms with Crippen LogP contribution in [0, 0.1) is 0 Å². The topological polar surface area (TPSA) is 0 Å². The maximum absolute atomic E-state index is 4.46. The van der Waals surface area contributed by atoms with Gasteiger partial charge in [-0.05, 0) is 24.0 Å². The summed E-state index contributed by atoms with van der Waals surface area (Å²) in [4.78, 5) is 0. The third kappa shape index (κ3) is 3.17. The lowest BCUT2D eigenvalue weighted by molar-refractivity contribution is 1.12. The fourth-order valence-electron chi connectivity index (χ4n) is 1.20. The van der Waals surface area contributed by atoms with Crippen LogP contribution in [0.3, 0.4) is 0 Å². The Morgan fingerprint density at radius 2 is 2.23 bits per heavy atom. The molecule has 0 fully saturated rings. The van der Waals surface area contributed by atoms with E-state index in [1.807, 2.05) is 6.08 Å². The average Bonchev–Trinajstić information content (AvgIpc) is 2.15. The van der Waals surface area contributed by atoms with Crippen LogP contribution in [-0.2, 0) is 0 Å². The summed E-state index contributed by atoms with van der Waals surface area (Å²) in [7, 11) is 0.829. The highest BCUT2D eigenvalue weighted by molar-refractivity contribution is 7.80. The summed E-state index contributed by atoms with van der Waals surface area (Å²) in [5, 5.41) is 1.75. The van der Waals surface area contributed by atoms with Crippen molar-refractivity contribution in [3.63, 3.8) is 0 Å². The molecule has 2 atom stereocenters. The molecule has 1 aromatic rings. The Labute approximate surface area is 87.6 Å². The number of benzene rings is 1. The minimum Gasteiger partial charge on any atom is -0.171 e. The van der Waals surface area contributed by atoms with E-state index in [1.54, 1.807) is 0 Å². The van der Waals surface area contributed by atoms with Gasteiger partial charge in [0.2, 0.25) is 0 Å². The molecule has 0 aromatic heterocycles. The van der Waals surface area contributed by atoms with Crippen molar-refractivity contribution in [3.05, 3.63) is 42.5 Å². The molecule has 0 saturated carbocycles. The van der Waals surface area contributed by atoms with E-state index in [4.69, 9.17) is 0 Å². The van der Waals surface area contributed by atoms with Crippen LogP contribution in [0.15, 0.2) is 36.9 Å². The van der Waals surface area contributed by atoms with Crippen molar-refractivity contribution in [3.8, 4) is 0 Å². The van der Waals surface area contributed by atoms with Crippen LogP contribution in [0.25, 0.3) is 0 Å². The number of thiol groups is 1. The highest BCUT2D eigenvalue weighted by Gasteiger charge is 2.04. The van der Waals surface area contributed by atoms with Gasteiger partial charge >= 0.3 is 0 Å². The van der Waals surface area contributed by atoms with Gasteiger partial charge < -0.3 is 0 Å². The van der Waals surface area contributed by atoms with Gasteiger partial charge in [0, 0.05) is 5.25 Å². The Kier molecular flexibility index (Phi) is 4.55. The van der Waals surface area contributed by atoms with Crippen LogP contribution in [-0.4, -0.2) is 6.16 Å². The lowest BCUT2D eigenvalue weighted by atomic mass is 10.2. The molecule has 2 heteroatoms. The Bertz CT molecular complexity index is 281. The third-order valence-electron chi connectivity index (χ3n) is 1.85. The van der Waals surface area contributed by atoms with Crippen molar-refractivity contribution >= 4 is 26.5 Å². The van der Waals surface area contributed by atoms with Crippen molar-refractivity contribution in [1.82, 2.24) is 0 Å². The molecule has 1 aromatic carbocycles. The van der Waals surface area contributed by atoms with Gasteiger partial charge in [-0.1, -0.05) is 38.9 Å². The first-order chi connectivity index (χ1) is 6.25. The first-order valence-electron chi connectivity index (χ1n) is 4.37. The summed E-state index contributed by atoms with van der Waals surface area (Å²) in [6.07, 6.45) is 3.04. The summed E-state index contributed by atoms with van der Waals surface area (Å²) < 4.78 is 0. The van der Waals surface area contributed by atoms with Gasteiger partial charge in [-0.25, -0.2) is 0 Å². The van der Waals surface area contributed by atoms with Gasteiger partial charge in [0.25, 0.3) is 0 Å². The molecule has 2 unspecified atom stereocenters. The Morgan fingerprint density at radius 3 is 2.85 bits per heavy atom. The SMILES string of the molecule is C=CCPc1ccccc1C(C)S. The predicted molar refractivity (Wildman–Crippen MR) is 66.9 cm³/mol. The standard InChI is InChI=1S/C11H15PS/c1-3-8-12-11-7-5-4-6-10(11)9(2)13/h3-7,9,12-13H,1,8H2,2H3. The van der Waals surface area contributed by atoms with Gasteiger partial charge in [0.1, 0.15) is 0 Å². The largest absolute Gasteiger partial charge is 0.171 e. The molecule has 0 radical (unpaired) electrons. The zero-order chi connectivity index (χ0) is 9.68. The summed E-state index contributed by atoms with van der Waals surface area (Å²) in [5.41, 5.74) is 1.35. The first-order valence-corrected chi connectivity index (χ1v) is 6.10. The molecule has 70 valence electrons. The lowest BCUT2D eigenvalue weighted by Gasteiger charge is -2.10. The van der Waals surface area contributed by atoms with E-state index >= 15 is 0 Å². The molecular formula is C11H15PS. The summed E-state index contributed by atoms with van der Waals surface area (Å²) in [6.45, 7) is 5.85. The number of hydrogen-bond donors (Lipinski definition) is 1. The first kappa shape index (κ1) is 10.8. The molecule has 0 aliphatic heterocycles. The molecule has 13 heavy (non-hydrogen) atoms. The fraction of sp³-hybridized carbons (Fsp3) is 0.273. The molecule has 0 aliphatic carbocycles. The number of rotatable bonds is 4. The molecule has 1 rings (SSSR count). The van der Waals surface area contributed by atoms with Crippen LogP contribution in [0.5, 0.6) is 0 Å². The van der Waals surface area contributed by atoms with Gasteiger partial charge in [-0.2, -0.15) is 12.6 Å². The average molecular weight is 210 g/mol. The van der Waals surface area contributed by atoms with Crippen molar-refractivity contribution in [2.24, 2.45) is 0 Å². The van der Waals surface area contributed by atoms with Crippen molar-refractivity contribution in [2.45, 2.75) is 12.2 Å². The summed E-state index contributed by atoms with van der Waals surface area (Å²) in [6, 6.07) is 8.50. The molecule has 0 N–H and O–H groups in total. The van der Waals surface area contributed by atoms with Gasteiger partial charge in [-0.3, -0.25) is 0 Å². The fourth-order valence-corrected chi connectivity index (χ4v) is 2.63. The smallest absolute Gasteiger partial charge is 0.0245 e. The molecule has 0 spiro atoms. The van der Waals surface area contributed by atoms with Crippen molar-refractivity contribution in [1.29, 1.82) is 0 Å². The van der Waals surface area contributed by atoms with Crippen molar-refractivity contribution < 1.29 is 0 Å². The van der Waals surface area contributed by atoms with Crippen LogP contribution in [0.2, 0.25) is 0 Å². The molecular weight excluding hydrogens is 195 g/mol. The second-order valence-electron chi connectivity index (χ2n) is 2.93. The highest BCUT2D eigenvalue weighted by Crippen LogP contribution is 2.22. The maximum Gasteiger partial charge on any atom is 0.0245 e. The van der Waals surface area contributed by atoms with Gasteiger partial charge in [-0.15, -0.1) is 6.58 Å². The Balaban J connectivity index is 2.84. The maximum atomic E-state index is 4.46. The molecule has 0 aliphatic rings. The molecule has 0 amide bonds. The second kappa shape index (κ2) is 5.47. The van der Waals surface area contributed by atoms with Crippen LogP contribution in [0.1, 0.15) is 17.7 Å². The molecule has 0 saturated heterocycles. The lowest BCUT2D eigenvalue weighted by Crippen LogP contribution is -2.04. The Hall–Kier alpha value is -0.260. The normalized spacial score (nSPS) is 13.4. The zero-order valence-corrected chi connectivity index (χ0v) is 9.72. The predicted octanol–water partition coefficient (Wildman–Crippen LogP) is 3.17. The monoisotopic (exact) mass is 210 g/mol. The van der Waals surface area contributed by atoms with E-state index in [-0.39, 0.29) is 0 Å². The van der Waals surface area contributed by atoms with Gasteiger partial charge in [0.05, 0.1) is 0 Å². The highest BCUT2D eigenvalue weighted by atomic mass is 32.1. The van der Waals surface area contributed by atoms with E-state index in [1.165, 1.54) is 10.9 Å². The quantitative estimate of drug-likeness (QED) is 0.440. The summed E-state index contributed by atoms with van der Waals surface area (Å²) in [5.74, 6) is 0. The van der Waals surface area contributed by atoms with E-state index in [9.17, 15) is 0 Å². The van der Waals surface area contributed by atoms with E-state index in [2.05, 4.69) is 50.4 Å². The Morgan fingerprint density at radius 1 is 1.54 bits per heavy atom. The molecule has 0 bridgehead atoms. The van der Waals surface area contributed by atoms with Crippen LogP contribution < -0.4 is 5.30 Å². The van der Waals surface area contributed by atoms with Crippen molar-refractivity contribution in [2.75, 3.05) is 6.16 Å². The molecule has 0 heterocycles. The van der Waals surface area contributed by atoms with E-state index in [0.717, 1.165) is 14.7 Å². The van der Waals surface area contributed by atoms with E-state index in [0.29, 0.717) is 5.25 Å². The second-order valence-corrected chi connectivity index (χ2v) is 5.01. The van der Waals surface area contributed by atoms with E-state index < -0.39 is 0 Å². The zero-order valence-electron chi connectivity index (χ0n) is 7.83.